The van der Waals surface area contributed by atoms with Crippen LogP contribution >= 0.6 is 0 Å². The average molecular weight is 250 g/mol. The molecule has 0 spiro atoms. The van der Waals surface area contributed by atoms with Crippen molar-refractivity contribution in [2.75, 3.05) is 6.61 Å². The number of hydrogen-bond acceptors (Lipinski definition) is 3. The molecule has 0 bridgehead atoms. The van der Waals surface area contributed by atoms with Crippen LogP contribution in [0.3, 0.4) is 0 Å². The molecule has 0 saturated carbocycles. The SMILES string of the molecule is CC(C)CCOc1ccc(S(=O)[O-])cc1.[Na+]. The van der Waals surface area contributed by atoms with E-state index in [2.05, 4.69) is 13.8 Å². The Morgan fingerprint density at radius 2 is 1.88 bits per heavy atom. The zero-order chi connectivity index (χ0) is 11.3. The van der Waals surface area contributed by atoms with Crippen molar-refractivity contribution in [2.24, 2.45) is 5.92 Å². The maximum absolute atomic E-state index is 10.6. The summed E-state index contributed by atoms with van der Waals surface area (Å²) in [5.41, 5.74) is 0. The van der Waals surface area contributed by atoms with Gasteiger partial charge in [-0.15, -0.1) is 0 Å². The van der Waals surface area contributed by atoms with Gasteiger partial charge in [0.05, 0.1) is 6.61 Å². The molecule has 1 atom stereocenters. The second-order valence-electron chi connectivity index (χ2n) is 3.74. The fourth-order valence-electron chi connectivity index (χ4n) is 1.06. The van der Waals surface area contributed by atoms with Gasteiger partial charge in [0.15, 0.2) is 0 Å². The molecule has 1 aromatic carbocycles. The topological polar surface area (TPSA) is 49.4 Å². The van der Waals surface area contributed by atoms with Crippen molar-refractivity contribution in [3.63, 3.8) is 0 Å². The second kappa shape index (κ2) is 8.25. The molecule has 0 heterocycles. The Hall–Kier alpha value is 0.130. The van der Waals surface area contributed by atoms with Crippen LogP contribution in [0.1, 0.15) is 20.3 Å². The minimum Gasteiger partial charge on any atom is -0.768 e. The van der Waals surface area contributed by atoms with E-state index in [1.54, 1.807) is 12.1 Å². The first-order valence-electron chi connectivity index (χ1n) is 4.91. The van der Waals surface area contributed by atoms with Crippen LogP contribution in [0.25, 0.3) is 0 Å². The Morgan fingerprint density at radius 3 is 2.31 bits per heavy atom. The Kier molecular flexibility index (Phi) is 8.32. The first-order chi connectivity index (χ1) is 7.09. The summed E-state index contributed by atoms with van der Waals surface area (Å²) in [5.74, 6) is 1.32. The molecule has 0 aliphatic rings. The van der Waals surface area contributed by atoms with Crippen molar-refractivity contribution in [3.05, 3.63) is 24.3 Å². The summed E-state index contributed by atoms with van der Waals surface area (Å²) < 4.78 is 26.6. The van der Waals surface area contributed by atoms with E-state index < -0.39 is 11.1 Å². The quantitative estimate of drug-likeness (QED) is 0.515. The molecule has 1 rings (SSSR count). The molecule has 0 amide bonds. The molecule has 0 saturated heterocycles. The van der Waals surface area contributed by atoms with E-state index in [1.165, 1.54) is 12.1 Å². The third-order valence-corrected chi connectivity index (χ3v) is 2.64. The Morgan fingerprint density at radius 1 is 1.31 bits per heavy atom. The minimum atomic E-state index is -2.16. The smallest absolute Gasteiger partial charge is 0.768 e. The minimum absolute atomic E-state index is 0. The number of ether oxygens (including phenoxy) is 1. The Bertz CT molecular complexity index is 325. The molecule has 0 aliphatic carbocycles. The van der Waals surface area contributed by atoms with Crippen LogP contribution in [0, 0.1) is 5.92 Å². The molecule has 1 aromatic rings. The zero-order valence-corrected chi connectivity index (χ0v) is 12.8. The fourth-order valence-corrected chi connectivity index (χ4v) is 1.42. The van der Waals surface area contributed by atoms with E-state index in [1.807, 2.05) is 0 Å². The van der Waals surface area contributed by atoms with Crippen LogP contribution in [-0.4, -0.2) is 15.4 Å². The van der Waals surface area contributed by atoms with E-state index in [0.29, 0.717) is 18.3 Å². The predicted molar refractivity (Wildman–Crippen MR) is 58.6 cm³/mol. The summed E-state index contributed by atoms with van der Waals surface area (Å²) in [7, 11) is 0. The van der Waals surface area contributed by atoms with Gasteiger partial charge in [-0.2, -0.15) is 0 Å². The van der Waals surface area contributed by atoms with Crippen molar-refractivity contribution >= 4 is 11.1 Å². The largest absolute Gasteiger partial charge is 1.00 e. The molecule has 16 heavy (non-hydrogen) atoms. The summed E-state index contributed by atoms with van der Waals surface area (Å²) in [5, 5.41) is 0. The number of benzene rings is 1. The van der Waals surface area contributed by atoms with Gasteiger partial charge in [-0.3, -0.25) is 4.21 Å². The van der Waals surface area contributed by atoms with Gasteiger partial charge in [0, 0.05) is 4.90 Å². The summed E-state index contributed by atoms with van der Waals surface area (Å²) in [4.78, 5) is 0.284. The van der Waals surface area contributed by atoms with Gasteiger partial charge in [0.25, 0.3) is 0 Å². The van der Waals surface area contributed by atoms with Crippen LogP contribution in [0.2, 0.25) is 0 Å². The number of rotatable bonds is 5. The van der Waals surface area contributed by atoms with Gasteiger partial charge in [0.2, 0.25) is 0 Å². The Labute approximate surface area is 121 Å². The third-order valence-electron chi connectivity index (χ3n) is 1.98. The molecular formula is C11H15NaO3S. The van der Waals surface area contributed by atoms with Gasteiger partial charge in [-0.25, -0.2) is 0 Å². The van der Waals surface area contributed by atoms with Crippen LogP contribution < -0.4 is 34.3 Å². The molecular weight excluding hydrogens is 235 g/mol. The molecule has 0 fully saturated rings. The van der Waals surface area contributed by atoms with E-state index >= 15 is 0 Å². The molecule has 3 nitrogen and oxygen atoms in total. The van der Waals surface area contributed by atoms with Crippen molar-refractivity contribution in [2.45, 2.75) is 25.2 Å². The van der Waals surface area contributed by atoms with Gasteiger partial charge < -0.3 is 9.29 Å². The van der Waals surface area contributed by atoms with Gasteiger partial charge in [-0.1, -0.05) is 13.8 Å². The maximum atomic E-state index is 10.6. The molecule has 5 heteroatoms. The first-order valence-corrected chi connectivity index (χ1v) is 5.99. The molecule has 0 N–H and O–H groups in total. The van der Waals surface area contributed by atoms with Crippen LogP contribution in [0.5, 0.6) is 5.75 Å². The van der Waals surface area contributed by atoms with E-state index in [-0.39, 0.29) is 34.5 Å². The third kappa shape index (κ3) is 6.01. The van der Waals surface area contributed by atoms with Crippen molar-refractivity contribution in [3.8, 4) is 5.75 Å². The molecule has 84 valence electrons. The van der Waals surface area contributed by atoms with Crippen molar-refractivity contribution in [1.82, 2.24) is 0 Å². The molecule has 0 radical (unpaired) electrons. The first kappa shape index (κ1) is 16.1. The number of hydrogen-bond donors (Lipinski definition) is 0. The second-order valence-corrected chi connectivity index (χ2v) is 4.68. The van der Waals surface area contributed by atoms with Gasteiger partial charge >= 0.3 is 29.6 Å². The average Bonchev–Trinajstić information content (AvgIpc) is 2.18. The monoisotopic (exact) mass is 250 g/mol. The van der Waals surface area contributed by atoms with E-state index in [0.717, 1.165) is 6.42 Å². The van der Waals surface area contributed by atoms with Gasteiger partial charge in [0.1, 0.15) is 5.75 Å². The van der Waals surface area contributed by atoms with Crippen molar-refractivity contribution in [1.29, 1.82) is 0 Å². The predicted octanol–water partition coefficient (Wildman–Crippen LogP) is -0.646. The summed E-state index contributed by atoms with van der Waals surface area (Å²) in [6.45, 7) is 4.93. The Balaban J connectivity index is 0.00000225. The van der Waals surface area contributed by atoms with Crippen LogP contribution in [0.15, 0.2) is 29.2 Å². The summed E-state index contributed by atoms with van der Waals surface area (Å²) in [6, 6.07) is 6.42. The normalized spacial score (nSPS) is 12.0. The van der Waals surface area contributed by atoms with E-state index in [9.17, 15) is 8.76 Å². The molecule has 0 aromatic heterocycles. The summed E-state index contributed by atoms with van der Waals surface area (Å²) >= 11 is -2.16. The zero-order valence-electron chi connectivity index (χ0n) is 9.93. The van der Waals surface area contributed by atoms with Crippen LogP contribution in [0.4, 0.5) is 0 Å². The molecule has 0 aliphatic heterocycles. The maximum Gasteiger partial charge on any atom is 1.00 e. The standard InChI is InChI=1S/C11H16O3S.Na/c1-9(2)7-8-14-10-3-5-11(6-4-10)15(12)13;/h3-6,9H,7-8H2,1-2H3,(H,12,13);/q;+1/p-1. The fraction of sp³-hybridized carbons (Fsp3) is 0.455. The van der Waals surface area contributed by atoms with Gasteiger partial charge in [-0.05, 0) is 47.7 Å². The van der Waals surface area contributed by atoms with Crippen molar-refractivity contribution < 1.29 is 43.1 Å². The van der Waals surface area contributed by atoms with Crippen LogP contribution in [-0.2, 0) is 11.1 Å². The van der Waals surface area contributed by atoms with E-state index in [4.69, 9.17) is 4.74 Å². The molecule has 1 unspecified atom stereocenters. The summed E-state index contributed by atoms with van der Waals surface area (Å²) in [6.07, 6.45) is 0.995.